The lowest BCUT2D eigenvalue weighted by Gasteiger charge is -2.37. The Morgan fingerprint density at radius 3 is 3.00 bits per heavy atom. The Hall–Kier alpha value is -3.07. The Balaban J connectivity index is 1.36. The number of allylic oxidation sites excluding steroid dienone is 1. The van der Waals surface area contributed by atoms with Gasteiger partial charge in [-0.2, -0.15) is 0 Å². The molecule has 2 aromatic heterocycles. The fraction of sp³-hybridized carbons (Fsp3) is 0.458. The van der Waals surface area contributed by atoms with Crippen LogP contribution >= 0.6 is 11.3 Å². The predicted octanol–water partition coefficient (Wildman–Crippen LogP) is 4.91. The molecule has 33 heavy (non-hydrogen) atoms. The van der Waals surface area contributed by atoms with Gasteiger partial charge in [-0.05, 0) is 45.7 Å². The van der Waals surface area contributed by atoms with E-state index < -0.39 is 5.60 Å². The first-order valence-corrected chi connectivity index (χ1v) is 12.2. The van der Waals surface area contributed by atoms with Crippen molar-refractivity contribution in [3.63, 3.8) is 0 Å². The second-order valence-corrected chi connectivity index (χ2v) is 10.9. The van der Waals surface area contributed by atoms with Crippen molar-refractivity contribution in [3.8, 4) is 0 Å². The molecular weight excluding hydrogens is 440 g/mol. The van der Waals surface area contributed by atoms with Gasteiger partial charge in [-0.1, -0.05) is 23.5 Å². The number of furan rings is 1. The summed E-state index contributed by atoms with van der Waals surface area (Å²) in [7, 11) is 0. The first-order valence-electron chi connectivity index (χ1n) is 11.4. The Bertz CT molecular complexity index is 1320. The highest BCUT2D eigenvalue weighted by atomic mass is 32.1. The molecule has 3 aliphatic rings. The molecule has 0 spiro atoms. The van der Waals surface area contributed by atoms with E-state index in [4.69, 9.17) is 14.1 Å². The number of hydrogen-bond donors (Lipinski definition) is 1. The molecule has 8 nitrogen and oxygen atoms in total. The van der Waals surface area contributed by atoms with Crippen LogP contribution in [0.3, 0.4) is 0 Å². The van der Waals surface area contributed by atoms with E-state index in [9.17, 15) is 9.59 Å². The largest absolute Gasteiger partial charge is 0.460 e. The molecule has 172 valence electrons. The zero-order valence-corrected chi connectivity index (χ0v) is 19.7. The highest BCUT2D eigenvalue weighted by Gasteiger charge is 2.46. The maximum atomic E-state index is 13.0. The van der Waals surface area contributed by atoms with Crippen LogP contribution in [0, 0.1) is 0 Å². The van der Waals surface area contributed by atoms with Gasteiger partial charge in [0.1, 0.15) is 16.9 Å². The number of anilines is 1. The van der Waals surface area contributed by atoms with E-state index in [1.165, 1.54) is 11.3 Å². The normalized spacial score (nSPS) is 22.6. The molecule has 0 unspecified atom stereocenters. The number of carbonyl (C=O) groups is 2. The smallest absolute Gasteiger partial charge is 0.410 e. The van der Waals surface area contributed by atoms with Crippen molar-refractivity contribution in [2.75, 3.05) is 18.0 Å². The monoisotopic (exact) mass is 466 g/mol. The van der Waals surface area contributed by atoms with E-state index in [0.29, 0.717) is 24.6 Å². The summed E-state index contributed by atoms with van der Waals surface area (Å²) in [6, 6.07) is 3.63. The molecule has 0 saturated carbocycles. The summed E-state index contributed by atoms with van der Waals surface area (Å²) in [6.07, 6.45) is 6.47. The third kappa shape index (κ3) is 3.37. The maximum absolute atomic E-state index is 13.0. The molecule has 6 rings (SSSR count). The second-order valence-electron chi connectivity index (χ2n) is 9.87. The number of thiazole rings is 1. The lowest BCUT2D eigenvalue weighted by atomic mass is 10.0. The van der Waals surface area contributed by atoms with Gasteiger partial charge >= 0.3 is 12.1 Å². The van der Waals surface area contributed by atoms with E-state index in [1.54, 1.807) is 9.80 Å². The van der Waals surface area contributed by atoms with Crippen LogP contribution in [0.15, 0.2) is 22.6 Å². The molecule has 3 aromatic rings. The lowest BCUT2D eigenvalue weighted by Crippen LogP contribution is -2.54. The highest BCUT2D eigenvalue weighted by Crippen LogP contribution is 2.41. The fourth-order valence-corrected chi connectivity index (χ4v) is 6.01. The van der Waals surface area contributed by atoms with E-state index in [1.807, 2.05) is 32.9 Å². The number of urea groups is 1. The summed E-state index contributed by atoms with van der Waals surface area (Å²) in [6.45, 7) is 6.54. The number of amides is 3. The highest BCUT2D eigenvalue weighted by molar-refractivity contribution is 7.22. The number of nitrogens with one attached hydrogen (secondary N) is 1. The van der Waals surface area contributed by atoms with Crippen molar-refractivity contribution >= 4 is 55.9 Å². The standard InChI is InChI=1S/C24H26N4O4S/c1-24(2,3)32-23(30)27-11-10-14-15(12-27)28(21(29)25-14)22-26-20-18(33-22)9-8-17-19(20)13-6-4-5-7-16(13)31-17/h4,6,8-9,14-15H,5,7,10-12H2,1-3H3,(H,25,29)/t14-,15+/m1/s1. The summed E-state index contributed by atoms with van der Waals surface area (Å²) in [5.41, 5.74) is 2.22. The van der Waals surface area contributed by atoms with Crippen LogP contribution < -0.4 is 10.2 Å². The molecule has 4 heterocycles. The third-order valence-corrected chi connectivity index (χ3v) is 7.46. The first kappa shape index (κ1) is 20.5. The summed E-state index contributed by atoms with van der Waals surface area (Å²) in [4.78, 5) is 34.0. The number of nitrogens with zero attached hydrogens (tertiary/aromatic N) is 3. The number of carbonyl (C=O) groups excluding carboxylic acids is 2. The number of ether oxygens (including phenoxy) is 1. The molecular formula is C24H26N4O4S. The predicted molar refractivity (Wildman–Crippen MR) is 128 cm³/mol. The van der Waals surface area contributed by atoms with Crippen LogP contribution in [0.2, 0.25) is 0 Å². The number of aromatic nitrogens is 1. The van der Waals surface area contributed by atoms with E-state index in [0.717, 1.165) is 45.4 Å². The van der Waals surface area contributed by atoms with Gasteiger partial charge in [-0.3, -0.25) is 4.90 Å². The minimum atomic E-state index is -0.562. The third-order valence-electron chi connectivity index (χ3n) is 6.44. The van der Waals surface area contributed by atoms with Gasteiger partial charge in [-0.15, -0.1) is 0 Å². The van der Waals surface area contributed by atoms with Crippen molar-refractivity contribution < 1.29 is 18.7 Å². The quantitative estimate of drug-likeness (QED) is 0.551. The van der Waals surface area contributed by atoms with Gasteiger partial charge in [0.05, 0.1) is 27.7 Å². The Morgan fingerprint density at radius 2 is 2.18 bits per heavy atom. The molecule has 0 bridgehead atoms. The van der Waals surface area contributed by atoms with Crippen LogP contribution in [0.25, 0.3) is 27.3 Å². The average Bonchev–Trinajstić information content (AvgIpc) is 3.42. The van der Waals surface area contributed by atoms with E-state index >= 15 is 0 Å². The topological polar surface area (TPSA) is 87.9 Å². The molecule has 0 radical (unpaired) electrons. The van der Waals surface area contributed by atoms with Crippen LogP contribution in [-0.2, 0) is 11.2 Å². The van der Waals surface area contributed by atoms with Crippen LogP contribution in [0.1, 0.15) is 44.9 Å². The summed E-state index contributed by atoms with van der Waals surface area (Å²) >= 11 is 1.50. The van der Waals surface area contributed by atoms with Gasteiger partial charge in [-0.25, -0.2) is 14.6 Å². The SMILES string of the molecule is CC(C)(C)OC(=O)N1CC[C@H]2NC(=O)N(c3nc4c(ccc5oc6c(c54)C=CCC6)s3)[C@H]2C1. The number of fused-ring (bicyclic) bond motifs is 6. The molecule has 1 aliphatic carbocycles. The first-order chi connectivity index (χ1) is 15.8. The Kier molecular flexibility index (Phi) is 4.49. The van der Waals surface area contributed by atoms with Crippen molar-refractivity contribution in [2.45, 2.75) is 57.7 Å². The van der Waals surface area contributed by atoms with Crippen LogP contribution in [-0.4, -0.2) is 52.8 Å². The zero-order chi connectivity index (χ0) is 22.9. The summed E-state index contributed by atoms with van der Waals surface area (Å²) in [5, 5.41) is 4.74. The van der Waals surface area contributed by atoms with Crippen LogP contribution in [0.5, 0.6) is 0 Å². The van der Waals surface area contributed by atoms with Gasteiger partial charge < -0.3 is 19.4 Å². The van der Waals surface area contributed by atoms with E-state index in [2.05, 4.69) is 17.5 Å². The average molecular weight is 467 g/mol. The molecule has 9 heteroatoms. The number of likely N-dealkylation sites (tertiary alicyclic amines) is 1. The van der Waals surface area contributed by atoms with E-state index in [-0.39, 0.29) is 24.2 Å². The minimum Gasteiger partial charge on any atom is -0.460 e. The number of aryl methyl sites for hydroxylation is 1. The van der Waals surface area contributed by atoms with Crippen molar-refractivity contribution in [1.29, 1.82) is 0 Å². The minimum absolute atomic E-state index is 0.0205. The molecule has 2 aliphatic heterocycles. The van der Waals surface area contributed by atoms with Gasteiger partial charge in [0.2, 0.25) is 0 Å². The Labute approximate surface area is 195 Å². The van der Waals surface area contributed by atoms with Crippen LogP contribution in [0.4, 0.5) is 14.7 Å². The number of rotatable bonds is 1. The second kappa shape index (κ2) is 7.21. The number of benzene rings is 1. The maximum Gasteiger partial charge on any atom is 0.410 e. The number of piperidine rings is 1. The molecule has 3 amide bonds. The zero-order valence-electron chi connectivity index (χ0n) is 18.9. The molecule has 1 N–H and O–H groups in total. The van der Waals surface area contributed by atoms with Gasteiger partial charge in [0, 0.05) is 25.1 Å². The molecule has 1 aromatic carbocycles. The van der Waals surface area contributed by atoms with Crippen molar-refractivity contribution in [3.05, 3.63) is 29.5 Å². The number of hydrogen-bond acceptors (Lipinski definition) is 6. The lowest BCUT2D eigenvalue weighted by molar-refractivity contribution is 0.0192. The summed E-state index contributed by atoms with van der Waals surface area (Å²) in [5.74, 6) is 0.994. The summed E-state index contributed by atoms with van der Waals surface area (Å²) < 4.78 is 12.7. The molecule has 2 saturated heterocycles. The van der Waals surface area contributed by atoms with Gasteiger partial charge in [0.15, 0.2) is 5.13 Å². The molecule has 2 fully saturated rings. The van der Waals surface area contributed by atoms with Crippen molar-refractivity contribution in [1.82, 2.24) is 15.2 Å². The fourth-order valence-electron chi connectivity index (χ4n) is 4.98. The molecule has 2 atom stereocenters. The Morgan fingerprint density at radius 1 is 1.33 bits per heavy atom. The van der Waals surface area contributed by atoms with Crippen molar-refractivity contribution in [2.24, 2.45) is 0 Å². The van der Waals surface area contributed by atoms with Gasteiger partial charge in [0.25, 0.3) is 0 Å².